The smallest absolute Gasteiger partial charge is 0.124 e. The molecule has 9 heteroatoms. The van der Waals surface area contributed by atoms with E-state index in [1.165, 1.54) is 33.6 Å². The van der Waals surface area contributed by atoms with Crippen molar-refractivity contribution in [1.82, 2.24) is 0 Å². The number of nitrogens with zero attached hydrogens (tertiary/aromatic N) is 2. The van der Waals surface area contributed by atoms with Gasteiger partial charge in [0, 0.05) is 15.2 Å². The first-order valence-electron chi connectivity index (χ1n) is 24.9. The van der Waals surface area contributed by atoms with E-state index in [1.807, 2.05) is 9.92 Å². The number of hydrogen-bond acceptors (Lipinski definition) is 2. The summed E-state index contributed by atoms with van der Waals surface area (Å²) in [5, 5.41) is 1.11. The first-order valence-corrected chi connectivity index (χ1v) is 46.9. The summed E-state index contributed by atoms with van der Waals surface area (Å²) >= 11 is 0. The summed E-state index contributed by atoms with van der Waals surface area (Å²) in [6, 6.07) is 14.0. The van der Waals surface area contributed by atoms with E-state index < -0.39 is 50.7 Å². The van der Waals surface area contributed by atoms with Crippen LogP contribution in [-0.2, 0) is 0 Å². The van der Waals surface area contributed by atoms with E-state index in [4.69, 9.17) is 9.98 Å². The number of benzene rings is 2. The summed E-state index contributed by atoms with van der Waals surface area (Å²) in [6.45, 7) is 88.3. The zero-order chi connectivity index (χ0) is 49.8. The van der Waals surface area contributed by atoms with E-state index in [-0.39, 0.29) is 40.3 Å². The Morgan fingerprint density at radius 3 is 0.651 bits per heavy atom. The molecule has 0 N–H and O–H groups in total. The van der Waals surface area contributed by atoms with Crippen molar-refractivity contribution in [2.75, 3.05) is 0 Å². The standard InChI is InChI=1S/C54H102N2Si7/c1-39-35-33-36-40(2)43(39)55-45-61(57(29,47(5,6)7)48(8,9)10)46(56-44-41(3)37-34-38-42(44)4)62(45,58(30,49(11,12)13)50(14,15)16)63(61,59(31,51(17,18)19)52(20,21)22)60(32,53(23,24)25)54(26,27)28/h33-38H,1-32H3. The van der Waals surface area contributed by atoms with Crippen LogP contribution in [0.4, 0.5) is 11.4 Å². The molecule has 3 saturated heterocycles. The highest BCUT2D eigenvalue weighted by atomic mass is 30.3. The molecule has 2 nitrogen and oxygen atoms in total. The number of aryl methyl sites for hydroxylation is 4. The van der Waals surface area contributed by atoms with E-state index in [2.05, 4.69) is 256 Å². The zero-order valence-electron chi connectivity index (χ0n) is 47.9. The van der Waals surface area contributed by atoms with Crippen LogP contribution in [0.1, 0.15) is 188 Å². The van der Waals surface area contributed by atoms with Gasteiger partial charge in [-0.3, -0.25) is 9.98 Å². The van der Waals surface area contributed by atoms with Crippen molar-refractivity contribution in [2.45, 2.75) is 260 Å². The van der Waals surface area contributed by atoms with Crippen LogP contribution in [0.15, 0.2) is 46.4 Å². The van der Waals surface area contributed by atoms with E-state index in [0.29, 0.717) is 0 Å². The van der Waals surface area contributed by atoms with Gasteiger partial charge in [0.15, 0.2) is 0 Å². The predicted molar refractivity (Wildman–Crippen MR) is 307 cm³/mol. The van der Waals surface area contributed by atoms with E-state index in [1.54, 1.807) is 0 Å². The van der Waals surface area contributed by atoms with Crippen molar-refractivity contribution in [3.05, 3.63) is 58.7 Å². The number of rotatable bonds is 6. The van der Waals surface area contributed by atoms with Crippen molar-refractivity contribution in [2.24, 2.45) is 9.98 Å². The van der Waals surface area contributed by atoms with Crippen molar-refractivity contribution >= 4 is 72.0 Å². The molecular formula is C54H102N2Si7. The molecule has 63 heavy (non-hydrogen) atoms. The molecule has 2 aromatic carbocycles. The molecule has 3 aliphatic heterocycles. The Bertz CT molecular complexity index is 1910. The van der Waals surface area contributed by atoms with Crippen LogP contribution >= 0.6 is 0 Å². The summed E-state index contributed by atoms with van der Waals surface area (Å²) in [6.07, 6.45) is -2.69. The first kappa shape index (κ1) is 54.9. The number of para-hydroxylation sites is 2. The molecule has 0 unspecified atom stereocenters. The van der Waals surface area contributed by atoms with E-state index >= 15 is 0 Å². The normalized spacial score (nSPS) is 22.2. The highest BCUT2D eigenvalue weighted by molar-refractivity contribution is 8.50. The quantitative estimate of drug-likeness (QED) is 0.258. The Morgan fingerprint density at radius 1 is 0.317 bits per heavy atom. The molecule has 2 bridgehead atoms. The summed E-state index contributed by atoms with van der Waals surface area (Å²) in [5.41, 5.74) is 8.02. The first-order chi connectivity index (χ1) is 27.6. The fourth-order valence-electron chi connectivity index (χ4n) is 16.8. The highest BCUT2D eigenvalue weighted by Gasteiger charge is 3.11. The van der Waals surface area contributed by atoms with Gasteiger partial charge in [0.25, 0.3) is 0 Å². The van der Waals surface area contributed by atoms with Gasteiger partial charge in [-0.15, -0.1) is 0 Å². The summed E-state index contributed by atoms with van der Waals surface area (Å²) in [7, 11) is -16.0. The van der Waals surface area contributed by atoms with Gasteiger partial charge in [-0.2, -0.15) is 0 Å². The zero-order valence-corrected chi connectivity index (χ0v) is 54.9. The molecule has 0 aliphatic carbocycles. The molecule has 3 heterocycles. The minimum absolute atomic E-state index is 0.109. The summed E-state index contributed by atoms with van der Waals surface area (Å²) < 4.78 is 0. The Hall–Kier alpha value is -0.702. The molecule has 3 aliphatic rings. The molecule has 0 spiro atoms. The van der Waals surface area contributed by atoms with Crippen LogP contribution in [0.5, 0.6) is 0 Å². The van der Waals surface area contributed by atoms with E-state index in [0.717, 1.165) is 0 Å². The van der Waals surface area contributed by atoms with Crippen LogP contribution in [-0.4, -0.2) is 60.6 Å². The molecule has 0 radical (unpaired) electrons. The van der Waals surface area contributed by atoms with Gasteiger partial charge >= 0.3 is 0 Å². The van der Waals surface area contributed by atoms with Crippen LogP contribution < -0.4 is 0 Å². The molecule has 3 fully saturated rings. The van der Waals surface area contributed by atoms with Crippen molar-refractivity contribution < 1.29 is 0 Å². The largest absolute Gasteiger partial charge is 0.267 e. The number of hydrogen-bond donors (Lipinski definition) is 0. The molecule has 0 atom stereocenters. The minimum atomic E-state index is -2.93. The van der Waals surface area contributed by atoms with Gasteiger partial charge in [-0.05, 0) is 100 Å². The third-order valence-corrected chi connectivity index (χ3v) is 192. The van der Waals surface area contributed by atoms with Crippen LogP contribution in [0.2, 0.25) is 66.5 Å². The Balaban J connectivity index is 2.93. The summed E-state index contributed by atoms with van der Waals surface area (Å²) in [4.78, 5) is 17.5. The SMILES string of the molecule is Cc1cccc(C)c1N=C1[Si]2([Si](C)(C(C)(C)C)C(C)(C)C)C(=Nc3c(C)cccc3C)[Si]1([Si](C)(C(C)(C)C)C(C)(C)C)[Si]2([Si](C)(C(C)(C)C)C(C)(C)C)[Si](C)(C(C)(C)C)C(C)(C)C. The highest BCUT2D eigenvalue weighted by Crippen LogP contribution is 2.84. The lowest BCUT2D eigenvalue weighted by Crippen LogP contribution is -3.33. The van der Waals surface area contributed by atoms with Crippen molar-refractivity contribution in [3.8, 4) is 0 Å². The van der Waals surface area contributed by atoms with Gasteiger partial charge in [-0.25, -0.2) is 0 Å². The second-order valence-corrected chi connectivity index (χ2v) is 101. The van der Waals surface area contributed by atoms with Crippen LogP contribution in [0.25, 0.3) is 0 Å². The monoisotopic (exact) mass is 975 g/mol. The van der Waals surface area contributed by atoms with E-state index in [9.17, 15) is 0 Å². The summed E-state index contributed by atoms with van der Waals surface area (Å²) in [5.74, 6) is 0. The van der Waals surface area contributed by atoms with Crippen molar-refractivity contribution in [1.29, 1.82) is 0 Å². The van der Waals surface area contributed by atoms with Crippen LogP contribution in [0, 0.1) is 27.7 Å². The predicted octanol–water partition coefficient (Wildman–Crippen LogP) is 18.5. The Kier molecular flexibility index (Phi) is 13.2. The fraction of sp³-hybridized carbons (Fsp3) is 0.741. The maximum Gasteiger partial charge on any atom is 0.124 e. The number of aliphatic imine (C=N–C) groups is 2. The Labute approximate surface area is 398 Å². The molecule has 2 aromatic rings. The van der Waals surface area contributed by atoms with Crippen LogP contribution in [0.3, 0.4) is 0 Å². The second-order valence-electron chi connectivity index (χ2n) is 30.2. The average Bonchev–Trinajstić information content (AvgIpc) is 3.02. The lowest BCUT2D eigenvalue weighted by molar-refractivity contribution is 0.622. The molecule has 356 valence electrons. The van der Waals surface area contributed by atoms with Gasteiger partial charge < -0.3 is 0 Å². The average molecular weight is 976 g/mol. The fourth-order valence-corrected chi connectivity index (χ4v) is 348. The molecule has 5 rings (SSSR count). The Morgan fingerprint density at radius 2 is 0.492 bits per heavy atom. The molecule has 0 amide bonds. The maximum atomic E-state index is 6.82. The van der Waals surface area contributed by atoms with Crippen molar-refractivity contribution in [3.63, 3.8) is 0 Å². The maximum absolute atomic E-state index is 6.82. The molecule has 0 aromatic heterocycles. The van der Waals surface area contributed by atoms with Gasteiger partial charge in [0.2, 0.25) is 0 Å². The lowest BCUT2D eigenvalue weighted by Gasteiger charge is -2.99. The van der Waals surface area contributed by atoms with Gasteiger partial charge in [0.1, 0.15) is 14.2 Å². The molecule has 0 saturated carbocycles. The van der Waals surface area contributed by atoms with Gasteiger partial charge in [-0.1, -0.05) is 229 Å². The molecular weight excluding hydrogens is 873 g/mol. The minimum Gasteiger partial charge on any atom is -0.267 e. The third-order valence-electron chi connectivity index (χ3n) is 20.9. The third kappa shape index (κ3) is 6.28. The van der Waals surface area contributed by atoms with Gasteiger partial charge in [0.05, 0.1) is 32.7 Å². The topological polar surface area (TPSA) is 24.7 Å². The lowest BCUT2D eigenvalue weighted by atomic mass is 10.1. The second kappa shape index (κ2) is 15.1.